The van der Waals surface area contributed by atoms with Gasteiger partial charge in [-0.2, -0.15) is 0 Å². The molecule has 1 aromatic heterocycles. The van der Waals surface area contributed by atoms with Gasteiger partial charge in [0, 0.05) is 42.3 Å². The van der Waals surface area contributed by atoms with Crippen LogP contribution in [-0.2, 0) is 16.0 Å². The van der Waals surface area contributed by atoms with Crippen LogP contribution >= 0.6 is 11.3 Å². The fourth-order valence-corrected chi connectivity index (χ4v) is 4.65. The standard InChI is InChI=1S/C24H26N4O3S/c29-17-31-24(30)25-13-10-18-6-8-20(9-7-18)26-21-11-14-28(15-12-21)23-27-22(16-32-23)19-4-2-1-3-5-19/h1-9,16-17,21,26H,10-15H2,(H,25,30). The number of alkyl carbamates (subject to hydrolysis) is 1. The number of thiazole rings is 1. The molecule has 0 unspecified atom stereocenters. The molecule has 1 aliphatic heterocycles. The summed E-state index contributed by atoms with van der Waals surface area (Å²) in [7, 11) is 0. The summed E-state index contributed by atoms with van der Waals surface area (Å²) in [5.41, 5.74) is 4.41. The lowest BCUT2D eigenvalue weighted by molar-refractivity contribution is -0.123. The minimum Gasteiger partial charge on any atom is -0.382 e. The molecule has 1 saturated heterocycles. The molecule has 2 heterocycles. The van der Waals surface area contributed by atoms with Crippen molar-refractivity contribution < 1.29 is 14.3 Å². The first-order valence-electron chi connectivity index (χ1n) is 10.7. The summed E-state index contributed by atoms with van der Waals surface area (Å²) >= 11 is 1.71. The lowest BCUT2D eigenvalue weighted by Crippen LogP contribution is -2.39. The van der Waals surface area contributed by atoms with Crippen LogP contribution in [0, 0.1) is 0 Å². The number of hydrogen-bond donors (Lipinski definition) is 2. The van der Waals surface area contributed by atoms with Gasteiger partial charge in [-0.05, 0) is 37.0 Å². The summed E-state index contributed by atoms with van der Waals surface area (Å²) in [4.78, 5) is 28.4. The average Bonchev–Trinajstić information content (AvgIpc) is 3.32. The van der Waals surface area contributed by atoms with Crippen molar-refractivity contribution in [2.45, 2.75) is 25.3 Å². The molecule has 166 valence electrons. The molecule has 1 fully saturated rings. The van der Waals surface area contributed by atoms with Gasteiger partial charge in [-0.25, -0.2) is 9.78 Å². The van der Waals surface area contributed by atoms with Crippen molar-refractivity contribution in [2.75, 3.05) is 29.9 Å². The molecule has 1 aliphatic rings. The number of aromatic nitrogens is 1. The molecule has 4 rings (SSSR count). The Morgan fingerprint density at radius 3 is 2.59 bits per heavy atom. The Bertz CT molecular complexity index is 1020. The molecular formula is C24H26N4O3S. The Kier molecular flexibility index (Phi) is 7.34. The molecule has 0 saturated carbocycles. The van der Waals surface area contributed by atoms with Crippen LogP contribution in [0.4, 0.5) is 15.6 Å². The van der Waals surface area contributed by atoms with E-state index < -0.39 is 6.09 Å². The van der Waals surface area contributed by atoms with E-state index in [2.05, 4.69) is 49.9 Å². The molecule has 0 bridgehead atoms. The van der Waals surface area contributed by atoms with Crippen LogP contribution in [0.15, 0.2) is 60.0 Å². The van der Waals surface area contributed by atoms with E-state index >= 15 is 0 Å². The Labute approximate surface area is 191 Å². The molecule has 3 aromatic rings. The third-order valence-electron chi connectivity index (χ3n) is 5.49. The van der Waals surface area contributed by atoms with Crippen molar-refractivity contribution in [1.29, 1.82) is 0 Å². The predicted molar refractivity (Wildman–Crippen MR) is 127 cm³/mol. The van der Waals surface area contributed by atoms with E-state index in [1.807, 2.05) is 30.3 Å². The summed E-state index contributed by atoms with van der Waals surface area (Å²) in [6.07, 6.45) is 2.07. The van der Waals surface area contributed by atoms with Gasteiger partial charge in [0.05, 0.1) is 5.69 Å². The van der Waals surface area contributed by atoms with Crippen molar-refractivity contribution in [3.63, 3.8) is 0 Å². The third kappa shape index (κ3) is 5.85. The molecule has 8 heteroatoms. The van der Waals surface area contributed by atoms with E-state index in [4.69, 9.17) is 4.98 Å². The number of carbonyl (C=O) groups excluding carboxylic acids is 2. The van der Waals surface area contributed by atoms with Crippen LogP contribution in [-0.4, -0.2) is 43.2 Å². The van der Waals surface area contributed by atoms with E-state index in [0.29, 0.717) is 19.0 Å². The molecule has 32 heavy (non-hydrogen) atoms. The first kappa shape index (κ1) is 21.8. The van der Waals surface area contributed by atoms with Crippen LogP contribution < -0.4 is 15.5 Å². The number of amides is 1. The zero-order valence-electron chi connectivity index (χ0n) is 17.7. The average molecular weight is 451 g/mol. The monoisotopic (exact) mass is 450 g/mol. The minimum absolute atomic E-state index is 0.124. The Balaban J connectivity index is 1.22. The second-order valence-corrected chi connectivity index (χ2v) is 8.50. The van der Waals surface area contributed by atoms with Gasteiger partial charge in [-0.1, -0.05) is 42.5 Å². The first-order valence-corrected chi connectivity index (χ1v) is 11.6. The zero-order valence-corrected chi connectivity index (χ0v) is 18.5. The molecule has 0 spiro atoms. The van der Waals surface area contributed by atoms with Crippen molar-refractivity contribution in [1.82, 2.24) is 10.3 Å². The fraction of sp³-hybridized carbons (Fsp3) is 0.292. The first-order chi connectivity index (χ1) is 15.7. The number of carbonyl (C=O) groups is 2. The number of ether oxygens (including phenoxy) is 1. The summed E-state index contributed by atoms with van der Waals surface area (Å²) in [6, 6.07) is 19.0. The predicted octanol–water partition coefficient (Wildman–Crippen LogP) is 4.32. The summed E-state index contributed by atoms with van der Waals surface area (Å²) in [6.45, 7) is 2.51. The molecule has 7 nitrogen and oxygen atoms in total. The quantitative estimate of drug-likeness (QED) is 0.393. The lowest BCUT2D eigenvalue weighted by atomic mass is 10.0. The molecular weight excluding hydrogens is 424 g/mol. The van der Waals surface area contributed by atoms with Gasteiger partial charge in [0.2, 0.25) is 0 Å². The van der Waals surface area contributed by atoms with E-state index in [9.17, 15) is 9.59 Å². The van der Waals surface area contributed by atoms with Crippen LogP contribution in [0.1, 0.15) is 18.4 Å². The number of nitrogens with zero attached hydrogens (tertiary/aromatic N) is 2. The highest BCUT2D eigenvalue weighted by Crippen LogP contribution is 2.29. The number of hydrogen-bond acceptors (Lipinski definition) is 7. The van der Waals surface area contributed by atoms with Gasteiger partial charge >= 0.3 is 12.6 Å². The smallest absolute Gasteiger partial charge is 0.382 e. The van der Waals surface area contributed by atoms with Gasteiger partial charge in [0.15, 0.2) is 5.13 Å². The van der Waals surface area contributed by atoms with E-state index in [0.717, 1.165) is 53.6 Å². The van der Waals surface area contributed by atoms with E-state index in [1.54, 1.807) is 11.3 Å². The number of nitrogens with one attached hydrogen (secondary N) is 2. The topological polar surface area (TPSA) is 83.6 Å². The van der Waals surface area contributed by atoms with E-state index in [-0.39, 0.29) is 6.47 Å². The molecule has 0 aliphatic carbocycles. The SMILES string of the molecule is O=COC(=O)NCCc1ccc(NC2CCN(c3nc(-c4ccccc4)cs3)CC2)cc1. The highest BCUT2D eigenvalue weighted by Gasteiger charge is 2.21. The molecule has 1 amide bonds. The van der Waals surface area contributed by atoms with Crippen molar-refractivity contribution >= 4 is 34.7 Å². The minimum atomic E-state index is -0.723. The Morgan fingerprint density at radius 1 is 1.12 bits per heavy atom. The summed E-state index contributed by atoms with van der Waals surface area (Å²) in [5.74, 6) is 0. The molecule has 0 atom stereocenters. The van der Waals surface area contributed by atoms with E-state index in [1.165, 1.54) is 0 Å². The van der Waals surface area contributed by atoms with Gasteiger partial charge in [0.25, 0.3) is 0 Å². The molecule has 2 N–H and O–H groups in total. The van der Waals surface area contributed by atoms with Gasteiger partial charge in [-0.3, -0.25) is 4.79 Å². The second-order valence-electron chi connectivity index (χ2n) is 7.66. The second kappa shape index (κ2) is 10.8. The third-order valence-corrected chi connectivity index (χ3v) is 6.39. The number of rotatable bonds is 8. The maximum atomic E-state index is 11.1. The highest BCUT2D eigenvalue weighted by atomic mass is 32.1. The number of benzene rings is 2. The van der Waals surface area contributed by atoms with Crippen LogP contribution in [0.3, 0.4) is 0 Å². The number of anilines is 2. The lowest BCUT2D eigenvalue weighted by Gasteiger charge is -2.32. The zero-order chi connectivity index (χ0) is 22.2. The molecule has 2 aromatic carbocycles. The fourth-order valence-electron chi connectivity index (χ4n) is 3.76. The maximum absolute atomic E-state index is 11.1. The van der Waals surface area contributed by atoms with Crippen molar-refractivity contribution in [3.8, 4) is 11.3 Å². The maximum Gasteiger partial charge on any atom is 0.414 e. The normalized spacial score (nSPS) is 14.1. The van der Waals surface area contributed by atoms with Crippen LogP contribution in [0.2, 0.25) is 0 Å². The summed E-state index contributed by atoms with van der Waals surface area (Å²) in [5, 5.41) is 9.38. The Hall–Kier alpha value is -3.39. The Morgan fingerprint density at radius 2 is 1.88 bits per heavy atom. The van der Waals surface area contributed by atoms with Crippen molar-refractivity contribution in [3.05, 3.63) is 65.5 Å². The van der Waals surface area contributed by atoms with Crippen molar-refractivity contribution in [2.24, 2.45) is 0 Å². The van der Waals surface area contributed by atoms with Crippen LogP contribution in [0.5, 0.6) is 0 Å². The van der Waals surface area contributed by atoms with Crippen LogP contribution in [0.25, 0.3) is 11.3 Å². The highest BCUT2D eigenvalue weighted by molar-refractivity contribution is 7.14. The van der Waals surface area contributed by atoms with Gasteiger partial charge in [-0.15, -0.1) is 11.3 Å². The molecule has 0 radical (unpaired) electrons. The van der Waals surface area contributed by atoms with Gasteiger partial charge in [0.1, 0.15) is 0 Å². The van der Waals surface area contributed by atoms with Gasteiger partial charge < -0.3 is 20.3 Å². The summed E-state index contributed by atoms with van der Waals surface area (Å²) < 4.78 is 4.19. The largest absolute Gasteiger partial charge is 0.414 e. The number of piperidine rings is 1.